The molecule has 0 aliphatic carbocycles. The molecule has 0 bridgehead atoms. The molecule has 3 rings (SSSR count). The van der Waals surface area contributed by atoms with Crippen molar-refractivity contribution in [3.8, 4) is 11.3 Å². The Labute approximate surface area is 116 Å². The second kappa shape index (κ2) is 4.90. The van der Waals surface area contributed by atoms with Crippen LogP contribution in [-0.2, 0) is 0 Å². The highest BCUT2D eigenvalue weighted by molar-refractivity contribution is 7.14. The highest BCUT2D eigenvalue weighted by Crippen LogP contribution is 2.31. The Balaban J connectivity index is 1.99. The third-order valence-electron chi connectivity index (χ3n) is 3.02. The van der Waals surface area contributed by atoms with Gasteiger partial charge in [-0.3, -0.25) is 0 Å². The zero-order valence-corrected chi connectivity index (χ0v) is 11.6. The van der Waals surface area contributed by atoms with E-state index in [2.05, 4.69) is 52.4 Å². The molecule has 0 radical (unpaired) electrons. The number of anilines is 1. The summed E-state index contributed by atoms with van der Waals surface area (Å²) in [7, 11) is 0. The summed E-state index contributed by atoms with van der Waals surface area (Å²) in [5.74, 6) is 0. The van der Waals surface area contributed by atoms with Gasteiger partial charge in [0, 0.05) is 34.6 Å². The highest BCUT2D eigenvalue weighted by atomic mass is 32.1. The van der Waals surface area contributed by atoms with E-state index < -0.39 is 0 Å². The van der Waals surface area contributed by atoms with Crippen molar-refractivity contribution in [2.75, 3.05) is 11.9 Å². The van der Waals surface area contributed by atoms with Gasteiger partial charge in [0.25, 0.3) is 0 Å². The summed E-state index contributed by atoms with van der Waals surface area (Å²) < 4.78 is 0. The summed E-state index contributed by atoms with van der Waals surface area (Å²) in [4.78, 5) is 7.91. The predicted molar refractivity (Wildman–Crippen MR) is 82.8 cm³/mol. The van der Waals surface area contributed by atoms with E-state index in [1.54, 1.807) is 11.3 Å². The van der Waals surface area contributed by atoms with Crippen LogP contribution in [0.15, 0.2) is 42.4 Å². The molecular formula is C15H15N3S. The number of nitrogens with one attached hydrogen (secondary N) is 2. The number of H-pyrrole nitrogens is 1. The minimum absolute atomic E-state index is 0.736. The Hall–Kier alpha value is -2.07. The lowest BCUT2D eigenvalue weighted by atomic mass is 10.1. The first-order valence-corrected chi connectivity index (χ1v) is 7.04. The van der Waals surface area contributed by atoms with Crippen LogP contribution < -0.4 is 5.32 Å². The van der Waals surface area contributed by atoms with Crippen molar-refractivity contribution < 1.29 is 0 Å². The quantitative estimate of drug-likeness (QED) is 0.697. The highest BCUT2D eigenvalue weighted by Gasteiger charge is 2.09. The minimum atomic E-state index is 0.736. The van der Waals surface area contributed by atoms with Crippen molar-refractivity contribution in [1.82, 2.24) is 9.97 Å². The normalized spacial score (nSPS) is 10.8. The summed E-state index contributed by atoms with van der Waals surface area (Å²) in [6, 6.07) is 6.43. The van der Waals surface area contributed by atoms with Gasteiger partial charge in [-0.1, -0.05) is 18.2 Å². The molecule has 0 spiro atoms. The molecule has 3 nitrogen and oxygen atoms in total. The van der Waals surface area contributed by atoms with Gasteiger partial charge in [-0.05, 0) is 18.6 Å². The summed E-state index contributed by atoms with van der Waals surface area (Å²) in [6.07, 6.45) is 3.85. The number of aromatic amines is 1. The number of rotatable bonds is 4. The lowest BCUT2D eigenvalue weighted by molar-refractivity contribution is 1.29. The fourth-order valence-electron chi connectivity index (χ4n) is 2.09. The minimum Gasteiger partial charge on any atom is -0.360 e. The van der Waals surface area contributed by atoms with Crippen LogP contribution in [0, 0.1) is 6.92 Å². The molecule has 3 aromatic rings. The van der Waals surface area contributed by atoms with Gasteiger partial charge in [0.05, 0.1) is 5.69 Å². The Bertz CT molecular complexity index is 724. The SMILES string of the molecule is C=CCNc1nc(-c2c[nH]c3cc(C)ccc23)cs1. The number of hydrogen-bond donors (Lipinski definition) is 2. The van der Waals surface area contributed by atoms with Crippen molar-refractivity contribution in [3.63, 3.8) is 0 Å². The Morgan fingerprint density at radius 1 is 1.47 bits per heavy atom. The second-order valence-corrected chi connectivity index (χ2v) is 5.32. The molecule has 0 amide bonds. The molecule has 19 heavy (non-hydrogen) atoms. The summed E-state index contributed by atoms with van der Waals surface area (Å²) in [5.41, 5.74) is 4.57. The van der Waals surface area contributed by atoms with Gasteiger partial charge in [-0.25, -0.2) is 4.98 Å². The molecule has 0 aliphatic rings. The molecule has 1 aromatic carbocycles. The lowest BCUT2D eigenvalue weighted by Gasteiger charge is -1.97. The fourth-order valence-corrected chi connectivity index (χ4v) is 2.81. The molecule has 2 N–H and O–H groups in total. The van der Waals surface area contributed by atoms with E-state index >= 15 is 0 Å². The number of hydrogen-bond acceptors (Lipinski definition) is 3. The maximum absolute atomic E-state index is 4.60. The smallest absolute Gasteiger partial charge is 0.183 e. The number of thiazole rings is 1. The lowest BCUT2D eigenvalue weighted by Crippen LogP contribution is -1.96. The van der Waals surface area contributed by atoms with Crippen LogP contribution in [-0.4, -0.2) is 16.5 Å². The maximum Gasteiger partial charge on any atom is 0.183 e. The average Bonchev–Trinajstić information content (AvgIpc) is 3.01. The van der Waals surface area contributed by atoms with Crippen molar-refractivity contribution in [1.29, 1.82) is 0 Å². The van der Waals surface area contributed by atoms with E-state index in [1.165, 1.54) is 10.9 Å². The summed E-state index contributed by atoms with van der Waals surface area (Å²) in [5, 5.41) is 7.43. The molecular weight excluding hydrogens is 254 g/mol. The molecule has 4 heteroatoms. The van der Waals surface area contributed by atoms with E-state index in [0.717, 1.165) is 28.5 Å². The van der Waals surface area contributed by atoms with E-state index in [-0.39, 0.29) is 0 Å². The Morgan fingerprint density at radius 3 is 3.21 bits per heavy atom. The van der Waals surface area contributed by atoms with Crippen molar-refractivity contribution >= 4 is 27.4 Å². The van der Waals surface area contributed by atoms with E-state index in [9.17, 15) is 0 Å². The molecule has 2 heterocycles. The molecule has 0 fully saturated rings. The van der Waals surface area contributed by atoms with E-state index in [0.29, 0.717) is 0 Å². The van der Waals surface area contributed by atoms with Crippen molar-refractivity contribution in [2.24, 2.45) is 0 Å². The number of aryl methyl sites for hydroxylation is 1. The first kappa shape index (κ1) is 12.0. The van der Waals surface area contributed by atoms with Crippen LogP contribution in [0.1, 0.15) is 5.56 Å². The fraction of sp³-hybridized carbons (Fsp3) is 0.133. The molecule has 0 atom stereocenters. The van der Waals surface area contributed by atoms with Crippen LogP contribution in [0.3, 0.4) is 0 Å². The summed E-state index contributed by atoms with van der Waals surface area (Å²) >= 11 is 1.62. The van der Waals surface area contributed by atoms with Gasteiger partial charge >= 0.3 is 0 Å². The average molecular weight is 269 g/mol. The van der Waals surface area contributed by atoms with E-state index in [1.807, 2.05) is 12.3 Å². The number of benzene rings is 1. The van der Waals surface area contributed by atoms with Gasteiger partial charge in [0.2, 0.25) is 0 Å². The van der Waals surface area contributed by atoms with Crippen molar-refractivity contribution in [3.05, 3.63) is 48.0 Å². The largest absolute Gasteiger partial charge is 0.360 e. The zero-order chi connectivity index (χ0) is 13.2. The van der Waals surface area contributed by atoms with Crippen LogP contribution in [0.2, 0.25) is 0 Å². The van der Waals surface area contributed by atoms with Gasteiger partial charge in [-0.2, -0.15) is 0 Å². The summed E-state index contributed by atoms with van der Waals surface area (Å²) in [6.45, 7) is 6.52. The third-order valence-corrected chi connectivity index (χ3v) is 3.82. The van der Waals surface area contributed by atoms with Gasteiger partial charge in [0.15, 0.2) is 5.13 Å². The van der Waals surface area contributed by atoms with Crippen LogP contribution in [0.5, 0.6) is 0 Å². The first-order valence-electron chi connectivity index (χ1n) is 6.16. The zero-order valence-electron chi connectivity index (χ0n) is 10.7. The predicted octanol–water partition coefficient (Wildman–Crippen LogP) is 4.20. The van der Waals surface area contributed by atoms with Crippen LogP contribution in [0.25, 0.3) is 22.2 Å². The topological polar surface area (TPSA) is 40.7 Å². The Morgan fingerprint density at radius 2 is 2.37 bits per heavy atom. The van der Waals surface area contributed by atoms with Gasteiger partial charge < -0.3 is 10.3 Å². The van der Waals surface area contributed by atoms with E-state index in [4.69, 9.17) is 0 Å². The third kappa shape index (κ3) is 2.27. The number of aromatic nitrogens is 2. The Kier molecular flexibility index (Phi) is 3.09. The van der Waals surface area contributed by atoms with Gasteiger partial charge in [-0.15, -0.1) is 17.9 Å². The molecule has 0 saturated heterocycles. The van der Waals surface area contributed by atoms with Crippen LogP contribution >= 0.6 is 11.3 Å². The van der Waals surface area contributed by atoms with Crippen molar-refractivity contribution in [2.45, 2.75) is 6.92 Å². The van der Waals surface area contributed by atoms with Gasteiger partial charge in [0.1, 0.15) is 0 Å². The maximum atomic E-state index is 4.60. The molecule has 0 aliphatic heterocycles. The molecule has 0 saturated carbocycles. The molecule has 0 unspecified atom stereocenters. The number of nitrogens with zero attached hydrogens (tertiary/aromatic N) is 1. The van der Waals surface area contributed by atoms with Crippen LogP contribution in [0.4, 0.5) is 5.13 Å². The standard InChI is InChI=1S/C15H15N3S/c1-3-6-16-15-18-14(9-19-15)12-8-17-13-7-10(2)4-5-11(12)13/h3-5,7-9,17H,1,6H2,2H3,(H,16,18). The monoisotopic (exact) mass is 269 g/mol. The second-order valence-electron chi connectivity index (χ2n) is 4.46. The molecule has 96 valence electrons. The first-order chi connectivity index (χ1) is 9.28. The molecule has 2 aromatic heterocycles. The number of fused-ring (bicyclic) bond motifs is 1.